The molecule has 0 bridgehead atoms. The monoisotopic (exact) mass is 399 g/mol. The van der Waals surface area contributed by atoms with E-state index in [0.29, 0.717) is 24.9 Å². The Labute approximate surface area is 163 Å². The van der Waals surface area contributed by atoms with Gasteiger partial charge in [-0.3, -0.25) is 9.59 Å². The van der Waals surface area contributed by atoms with Gasteiger partial charge in [0.15, 0.2) is 0 Å². The molecule has 1 amide bonds. The van der Waals surface area contributed by atoms with Crippen LogP contribution in [-0.4, -0.2) is 22.1 Å². The summed E-state index contributed by atoms with van der Waals surface area (Å²) in [7, 11) is 0. The van der Waals surface area contributed by atoms with Crippen LogP contribution in [0.5, 0.6) is 5.75 Å². The van der Waals surface area contributed by atoms with Crippen LogP contribution in [0.3, 0.4) is 0 Å². The zero-order valence-corrected chi connectivity index (χ0v) is 16.2. The van der Waals surface area contributed by atoms with E-state index < -0.39 is 11.4 Å². The van der Waals surface area contributed by atoms with Gasteiger partial charge in [0.05, 0.1) is 10.7 Å². The van der Waals surface area contributed by atoms with E-state index in [2.05, 4.69) is 11.4 Å². The maximum Gasteiger partial charge on any atom is 0.303 e. The van der Waals surface area contributed by atoms with Crippen molar-refractivity contribution in [3.05, 3.63) is 33.8 Å². The summed E-state index contributed by atoms with van der Waals surface area (Å²) in [4.78, 5) is 23.2. The number of halogens is 2. The van der Waals surface area contributed by atoms with Crippen molar-refractivity contribution in [3.8, 4) is 5.75 Å². The van der Waals surface area contributed by atoms with Crippen LogP contribution < -0.4 is 5.32 Å². The smallest absolute Gasteiger partial charge is 0.303 e. The van der Waals surface area contributed by atoms with Crippen LogP contribution in [0.1, 0.15) is 51.9 Å². The summed E-state index contributed by atoms with van der Waals surface area (Å²) in [6, 6.07) is 2.92. The van der Waals surface area contributed by atoms with Crippen LogP contribution in [0.2, 0.25) is 10.0 Å². The molecule has 142 valence electrons. The highest BCUT2D eigenvalue weighted by atomic mass is 35.5. The number of carboxylic acids is 1. The number of rotatable bonds is 6. The maximum absolute atomic E-state index is 12.7. The summed E-state index contributed by atoms with van der Waals surface area (Å²) < 4.78 is 0. The lowest BCUT2D eigenvalue weighted by Crippen LogP contribution is -2.35. The predicted octanol–water partition coefficient (Wildman–Crippen LogP) is 5.40. The molecule has 0 atom stereocenters. The molecular formula is C19H23Cl2NO4. The molecule has 0 saturated heterocycles. The number of aliphatic carboxylic acids is 1. The van der Waals surface area contributed by atoms with Gasteiger partial charge in [0.25, 0.3) is 0 Å². The molecule has 0 aromatic heterocycles. The number of amides is 1. The van der Waals surface area contributed by atoms with Crippen molar-refractivity contribution in [1.29, 1.82) is 0 Å². The molecule has 0 unspecified atom stereocenters. The molecule has 0 radical (unpaired) electrons. The molecule has 1 fully saturated rings. The molecule has 1 aliphatic rings. The number of anilines is 1. The van der Waals surface area contributed by atoms with Gasteiger partial charge in [0.2, 0.25) is 5.91 Å². The highest BCUT2D eigenvalue weighted by molar-refractivity contribution is 6.44. The molecule has 2 rings (SSSR count). The Morgan fingerprint density at radius 3 is 2.50 bits per heavy atom. The number of hydrogen-bond acceptors (Lipinski definition) is 3. The molecule has 0 aliphatic heterocycles. The first-order valence-corrected chi connectivity index (χ1v) is 9.36. The molecule has 0 spiro atoms. The Morgan fingerprint density at radius 1 is 1.23 bits per heavy atom. The highest BCUT2D eigenvalue weighted by Crippen LogP contribution is 2.41. The molecule has 5 nitrogen and oxygen atoms in total. The van der Waals surface area contributed by atoms with Gasteiger partial charge in [-0.05, 0) is 50.7 Å². The molecule has 0 heterocycles. The van der Waals surface area contributed by atoms with Gasteiger partial charge in [-0.2, -0.15) is 0 Å². The largest absolute Gasteiger partial charge is 0.506 e. The standard InChI is InChI=1S/C19H23Cl2NO4/c1-19(10-8-12(9-11-19)4-2-3-5-15(24)25)18(26)22-13-6-7-14(23)17(21)16(13)20/h4,6-7,23H,2-3,5,8-11H2,1H3,(H,22,26)(H,24,25). The number of carbonyl (C=O) groups excluding carboxylic acids is 1. The Balaban J connectivity index is 1.93. The van der Waals surface area contributed by atoms with Crippen LogP contribution in [-0.2, 0) is 9.59 Å². The Hall–Kier alpha value is -1.72. The van der Waals surface area contributed by atoms with Gasteiger partial charge in [-0.15, -0.1) is 0 Å². The summed E-state index contributed by atoms with van der Waals surface area (Å²) in [6.45, 7) is 1.93. The van der Waals surface area contributed by atoms with E-state index in [0.717, 1.165) is 19.3 Å². The number of unbranched alkanes of at least 4 members (excludes halogenated alkanes) is 1. The van der Waals surface area contributed by atoms with Crippen molar-refractivity contribution in [3.63, 3.8) is 0 Å². The predicted molar refractivity (Wildman–Crippen MR) is 103 cm³/mol. The van der Waals surface area contributed by atoms with Crippen LogP contribution in [0.15, 0.2) is 23.8 Å². The zero-order valence-electron chi connectivity index (χ0n) is 14.6. The van der Waals surface area contributed by atoms with Crippen LogP contribution in [0, 0.1) is 5.41 Å². The zero-order chi connectivity index (χ0) is 19.3. The van der Waals surface area contributed by atoms with E-state index >= 15 is 0 Å². The third-order valence-electron chi connectivity index (χ3n) is 4.88. The summed E-state index contributed by atoms with van der Waals surface area (Å²) in [5, 5.41) is 21.2. The van der Waals surface area contributed by atoms with E-state index in [-0.39, 0.29) is 28.1 Å². The average molecular weight is 400 g/mol. The van der Waals surface area contributed by atoms with E-state index in [1.165, 1.54) is 17.7 Å². The maximum atomic E-state index is 12.7. The molecule has 1 aromatic rings. The molecule has 26 heavy (non-hydrogen) atoms. The van der Waals surface area contributed by atoms with Crippen molar-refractivity contribution < 1.29 is 19.8 Å². The Bertz CT molecular complexity index is 720. The van der Waals surface area contributed by atoms with E-state index in [1.807, 2.05) is 6.92 Å². The first-order valence-electron chi connectivity index (χ1n) is 8.61. The number of nitrogens with one attached hydrogen (secondary N) is 1. The lowest BCUT2D eigenvalue weighted by molar-refractivity contribution is -0.137. The normalized spacial score (nSPS) is 19.9. The Kier molecular flexibility index (Phi) is 6.95. The third-order valence-corrected chi connectivity index (χ3v) is 5.75. The number of hydrogen-bond donors (Lipinski definition) is 3. The molecule has 1 saturated carbocycles. The van der Waals surface area contributed by atoms with Gasteiger partial charge in [0.1, 0.15) is 10.8 Å². The Morgan fingerprint density at radius 2 is 1.88 bits per heavy atom. The number of allylic oxidation sites excluding steroid dienone is 2. The van der Waals surface area contributed by atoms with Gasteiger partial charge < -0.3 is 15.5 Å². The number of phenols is 1. The van der Waals surface area contributed by atoms with Crippen LogP contribution >= 0.6 is 23.2 Å². The van der Waals surface area contributed by atoms with Gasteiger partial charge in [0, 0.05) is 11.8 Å². The van der Waals surface area contributed by atoms with Crippen molar-refractivity contribution in [1.82, 2.24) is 0 Å². The minimum absolute atomic E-state index is 0.0184. The number of aromatic hydroxyl groups is 1. The van der Waals surface area contributed by atoms with Crippen molar-refractivity contribution >= 4 is 40.8 Å². The lowest BCUT2D eigenvalue weighted by Gasteiger charge is -2.33. The topological polar surface area (TPSA) is 86.6 Å². The van der Waals surface area contributed by atoms with Crippen LogP contribution in [0.4, 0.5) is 5.69 Å². The molecule has 7 heteroatoms. The SMILES string of the molecule is CC1(C(=O)Nc2ccc(O)c(Cl)c2Cl)CCC(=CCCCC(=O)O)CC1. The number of phenolic OH excluding ortho intramolecular Hbond substituents is 1. The van der Waals surface area contributed by atoms with Crippen LogP contribution in [0.25, 0.3) is 0 Å². The third kappa shape index (κ3) is 5.15. The van der Waals surface area contributed by atoms with Crippen molar-refractivity contribution in [2.75, 3.05) is 5.32 Å². The summed E-state index contributed by atoms with van der Waals surface area (Å²) >= 11 is 12.0. The summed E-state index contributed by atoms with van der Waals surface area (Å²) in [5.74, 6) is -1.02. The molecular weight excluding hydrogens is 377 g/mol. The minimum atomic E-state index is -0.774. The summed E-state index contributed by atoms with van der Waals surface area (Å²) in [5.41, 5.74) is 1.16. The van der Waals surface area contributed by atoms with Gasteiger partial charge >= 0.3 is 5.97 Å². The fourth-order valence-electron chi connectivity index (χ4n) is 3.02. The first kappa shape index (κ1) is 20.6. The molecule has 3 N–H and O–H groups in total. The quantitative estimate of drug-likeness (QED) is 0.339. The summed E-state index contributed by atoms with van der Waals surface area (Å²) in [6.07, 6.45) is 6.75. The number of carbonyl (C=O) groups is 2. The second kappa shape index (κ2) is 8.78. The van der Waals surface area contributed by atoms with E-state index in [1.54, 1.807) is 0 Å². The van der Waals surface area contributed by atoms with Crippen molar-refractivity contribution in [2.24, 2.45) is 5.41 Å². The molecule has 1 aromatic carbocycles. The molecule has 1 aliphatic carbocycles. The fourth-order valence-corrected chi connectivity index (χ4v) is 3.39. The van der Waals surface area contributed by atoms with E-state index in [9.17, 15) is 14.7 Å². The second-order valence-corrected chi connectivity index (χ2v) is 7.68. The second-order valence-electron chi connectivity index (χ2n) is 6.92. The average Bonchev–Trinajstić information content (AvgIpc) is 2.60. The number of benzene rings is 1. The lowest BCUT2D eigenvalue weighted by atomic mass is 9.73. The van der Waals surface area contributed by atoms with Gasteiger partial charge in [-0.25, -0.2) is 0 Å². The highest BCUT2D eigenvalue weighted by Gasteiger charge is 2.36. The van der Waals surface area contributed by atoms with Crippen molar-refractivity contribution in [2.45, 2.75) is 51.9 Å². The van der Waals surface area contributed by atoms with Gasteiger partial charge in [-0.1, -0.05) is 41.8 Å². The fraction of sp³-hybridized carbons (Fsp3) is 0.474. The number of carboxylic acid groups (broad SMARTS) is 1. The first-order chi connectivity index (χ1) is 12.2. The van der Waals surface area contributed by atoms with E-state index in [4.69, 9.17) is 28.3 Å². The minimum Gasteiger partial charge on any atom is -0.506 e.